The quantitative estimate of drug-likeness (QED) is 0.801. The fourth-order valence-electron chi connectivity index (χ4n) is 2.11. The van der Waals surface area contributed by atoms with E-state index >= 15 is 0 Å². The van der Waals surface area contributed by atoms with Gasteiger partial charge in [0.25, 0.3) is 0 Å². The molecule has 0 saturated heterocycles. The van der Waals surface area contributed by atoms with Crippen molar-refractivity contribution in [1.82, 2.24) is 9.88 Å². The van der Waals surface area contributed by atoms with E-state index in [-0.39, 0.29) is 6.61 Å². The molecule has 0 saturated carbocycles. The number of hydrogen-bond acceptors (Lipinski definition) is 2. The van der Waals surface area contributed by atoms with Crippen LogP contribution >= 0.6 is 0 Å². The maximum atomic E-state index is 8.98. The summed E-state index contributed by atoms with van der Waals surface area (Å²) >= 11 is 0. The largest absolute Gasteiger partial charge is 0.392 e. The highest BCUT2D eigenvalue weighted by molar-refractivity contribution is 5.22. The molecule has 0 aliphatic rings. The van der Waals surface area contributed by atoms with Crippen molar-refractivity contribution in [2.75, 3.05) is 0 Å². The monoisotopic (exact) mass is 258 g/mol. The summed E-state index contributed by atoms with van der Waals surface area (Å²) in [6.45, 7) is 5.12. The van der Waals surface area contributed by atoms with Crippen molar-refractivity contribution < 1.29 is 5.11 Å². The first-order chi connectivity index (χ1) is 9.31. The molecule has 0 unspecified atom stereocenters. The van der Waals surface area contributed by atoms with Gasteiger partial charge < -0.3 is 15.0 Å². The molecular weight excluding hydrogens is 236 g/mol. The highest BCUT2D eigenvalue weighted by Crippen LogP contribution is 2.06. The van der Waals surface area contributed by atoms with E-state index in [9.17, 15) is 0 Å². The number of aliphatic hydroxyl groups excluding tert-OH is 1. The number of rotatable bonds is 7. The lowest BCUT2D eigenvalue weighted by atomic mass is 10.1. The van der Waals surface area contributed by atoms with Gasteiger partial charge >= 0.3 is 0 Å². The van der Waals surface area contributed by atoms with Gasteiger partial charge in [-0.05, 0) is 29.2 Å². The lowest BCUT2D eigenvalue weighted by molar-refractivity contribution is 0.282. The van der Waals surface area contributed by atoms with E-state index in [4.69, 9.17) is 5.11 Å². The fourth-order valence-corrected chi connectivity index (χ4v) is 2.11. The van der Waals surface area contributed by atoms with E-state index in [1.807, 2.05) is 12.1 Å². The molecule has 3 nitrogen and oxygen atoms in total. The van der Waals surface area contributed by atoms with Crippen LogP contribution in [-0.2, 0) is 26.2 Å². The first kappa shape index (κ1) is 13.8. The summed E-state index contributed by atoms with van der Waals surface area (Å²) in [5.41, 5.74) is 3.52. The Labute approximate surface area is 114 Å². The van der Waals surface area contributed by atoms with Crippen LogP contribution in [-0.4, -0.2) is 9.67 Å². The molecule has 1 heterocycles. The molecule has 2 N–H and O–H groups in total. The van der Waals surface area contributed by atoms with Crippen LogP contribution < -0.4 is 5.32 Å². The molecule has 0 bridgehead atoms. The highest BCUT2D eigenvalue weighted by Gasteiger charge is 1.97. The Bertz CT molecular complexity index is 488. The van der Waals surface area contributed by atoms with Crippen molar-refractivity contribution in [3.05, 3.63) is 59.4 Å². The smallest absolute Gasteiger partial charge is 0.0681 e. The summed E-state index contributed by atoms with van der Waals surface area (Å²) in [7, 11) is 0. The first-order valence-electron chi connectivity index (χ1n) is 6.86. The zero-order valence-corrected chi connectivity index (χ0v) is 11.5. The van der Waals surface area contributed by atoms with Gasteiger partial charge in [0.05, 0.1) is 6.61 Å². The second kappa shape index (κ2) is 7.12. The van der Waals surface area contributed by atoms with Gasteiger partial charge in [0.1, 0.15) is 0 Å². The summed E-state index contributed by atoms with van der Waals surface area (Å²) in [6, 6.07) is 10.2. The lowest BCUT2D eigenvalue weighted by Gasteiger charge is -2.04. The summed E-state index contributed by atoms with van der Waals surface area (Å²) in [5, 5.41) is 12.4. The molecule has 102 valence electrons. The summed E-state index contributed by atoms with van der Waals surface area (Å²) in [4.78, 5) is 0. The molecule has 2 rings (SSSR count). The van der Waals surface area contributed by atoms with E-state index in [1.54, 1.807) is 0 Å². The summed E-state index contributed by atoms with van der Waals surface area (Å²) in [5.74, 6) is 0. The second-order valence-electron chi connectivity index (χ2n) is 4.84. The Morgan fingerprint density at radius 2 is 1.68 bits per heavy atom. The van der Waals surface area contributed by atoms with Gasteiger partial charge in [-0.2, -0.15) is 0 Å². The Morgan fingerprint density at radius 1 is 1.00 bits per heavy atom. The molecule has 1 aromatic heterocycles. The van der Waals surface area contributed by atoms with E-state index in [0.29, 0.717) is 0 Å². The van der Waals surface area contributed by atoms with E-state index < -0.39 is 0 Å². The standard InChI is InChI=1S/C16H22N2O/c1-2-8-18-9-7-16(12-18)11-17-10-14-3-5-15(13-19)6-4-14/h3-7,9,12,17,19H,2,8,10-11,13H2,1H3. The fraction of sp³-hybridized carbons (Fsp3) is 0.375. The average molecular weight is 258 g/mol. The van der Waals surface area contributed by atoms with E-state index in [0.717, 1.165) is 25.2 Å². The van der Waals surface area contributed by atoms with Crippen LogP contribution in [0.5, 0.6) is 0 Å². The molecule has 0 spiro atoms. The van der Waals surface area contributed by atoms with Gasteiger partial charge in [-0.1, -0.05) is 31.2 Å². The lowest BCUT2D eigenvalue weighted by Crippen LogP contribution is -2.12. The van der Waals surface area contributed by atoms with Gasteiger partial charge in [0, 0.05) is 32.0 Å². The molecule has 19 heavy (non-hydrogen) atoms. The van der Waals surface area contributed by atoms with E-state index in [2.05, 4.69) is 47.4 Å². The molecule has 1 aromatic carbocycles. The molecule has 0 atom stereocenters. The van der Waals surface area contributed by atoms with Gasteiger partial charge in [0.15, 0.2) is 0 Å². The molecule has 0 fully saturated rings. The van der Waals surface area contributed by atoms with Crippen LogP contribution in [0.1, 0.15) is 30.0 Å². The third-order valence-corrected chi connectivity index (χ3v) is 3.16. The minimum atomic E-state index is 0.110. The van der Waals surface area contributed by atoms with Crippen LogP contribution in [0.2, 0.25) is 0 Å². The van der Waals surface area contributed by atoms with E-state index in [1.165, 1.54) is 17.5 Å². The molecule has 0 amide bonds. The van der Waals surface area contributed by atoms with Crippen molar-refractivity contribution in [3.63, 3.8) is 0 Å². The number of nitrogens with zero attached hydrogens (tertiary/aromatic N) is 1. The van der Waals surface area contributed by atoms with Crippen LogP contribution in [0.15, 0.2) is 42.7 Å². The van der Waals surface area contributed by atoms with Crippen molar-refractivity contribution in [2.45, 2.75) is 39.6 Å². The topological polar surface area (TPSA) is 37.2 Å². The Balaban J connectivity index is 1.78. The Kier molecular flexibility index (Phi) is 5.19. The molecule has 3 heteroatoms. The second-order valence-corrected chi connectivity index (χ2v) is 4.84. The zero-order chi connectivity index (χ0) is 13.5. The van der Waals surface area contributed by atoms with Crippen LogP contribution in [0, 0.1) is 0 Å². The zero-order valence-electron chi connectivity index (χ0n) is 11.5. The third kappa shape index (κ3) is 4.23. The summed E-state index contributed by atoms with van der Waals surface area (Å²) < 4.78 is 2.23. The molecule has 2 aromatic rings. The molecular formula is C16H22N2O. The Hall–Kier alpha value is -1.58. The maximum Gasteiger partial charge on any atom is 0.0681 e. The molecule has 0 aliphatic carbocycles. The number of aromatic nitrogens is 1. The van der Waals surface area contributed by atoms with Gasteiger partial charge in [-0.25, -0.2) is 0 Å². The number of nitrogens with one attached hydrogen (secondary N) is 1. The summed E-state index contributed by atoms with van der Waals surface area (Å²) in [6.07, 6.45) is 5.50. The van der Waals surface area contributed by atoms with Crippen molar-refractivity contribution >= 4 is 0 Å². The minimum absolute atomic E-state index is 0.110. The van der Waals surface area contributed by atoms with Crippen molar-refractivity contribution in [2.24, 2.45) is 0 Å². The predicted molar refractivity (Wildman–Crippen MR) is 77.6 cm³/mol. The minimum Gasteiger partial charge on any atom is -0.392 e. The van der Waals surface area contributed by atoms with Crippen molar-refractivity contribution in [3.8, 4) is 0 Å². The van der Waals surface area contributed by atoms with Gasteiger partial charge in [0.2, 0.25) is 0 Å². The van der Waals surface area contributed by atoms with Crippen LogP contribution in [0.4, 0.5) is 0 Å². The van der Waals surface area contributed by atoms with Crippen LogP contribution in [0.3, 0.4) is 0 Å². The number of aliphatic hydroxyl groups is 1. The SMILES string of the molecule is CCCn1ccc(CNCc2ccc(CO)cc2)c1. The number of aryl methyl sites for hydroxylation is 1. The average Bonchev–Trinajstić information content (AvgIpc) is 2.88. The van der Waals surface area contributed by atoms with Crippen LogP contribution in [0.25, 0.3) is 0 Å². The normalized spacial score (nSPS) is 10.8. The number of benzene rings is 1. The Morgan fingerprint density at radius 3 is 2.37 bits per heavy atom. The molecule has 0 aliphatic heterocycles. The molecule has 0 radical (unpaired) electrons. The van der Waals surface area contributed by atoms with Gasteiger partial charge in [-0.15, -0.1) is 0 Å². The maximum absolute atomic E-state index is 8.98. The highest BCUT2D eigenvalue weighted by atomic mass is 16.3. The van der Waals surface area contributed by atoms with Gasteiger partial charge in [-0.3, -0.25) is 0 Å². The number of hydrogen-bond donors (Lipinski definition) is 2. The predicted octanol–water partition coefficient (Wildman–Crippen LogP) is 2.68. The van der Waals surface area contributed by atoms with Crippen molar-refractivity contribution in [1.29, 1.82) is 0 Å². The first-order valence-corrected chi connectivity index (χ1v) is 6.86. The third-order valence-electron chi connectivity index (χ3n) is 3.16.